The van der Waals surface area contributed by atoms with Gasteiger partial charge in [0.1, 0.15) is 5.82 Å². The van der Waals surface area contributed by atoms with Crippen LogP contribution in [0, 0.1) is 17.0 Å². The zero-order valence-corrected chi connectivity index (χ0v) is 13.0. The van der Waals surface area contributed by atoms with Gasteiger partial charge in [0.15, 0.2) is 5.03 Å². The van der Waals surface area contributed by atoms with E-state index in [-0.39, 0.29) is 17.3 Å². The number of aryl methyl sites for hydroxylation is 1. The predicted octanol–water partition coefficient (Wildman–Crippen LogP) is 2.73. The molecule has 0 spiro atoms. The van der Waals surface area contributed by atoms with Crippen LogP contribution in [0.4, 0.5) is 5.69 Å². The molecule has 0 bridgehead atoms. The van der Waals surface area contributed by atoms with E-state index in [0.29, 0.717) is 16.4 Å². The molecule has 0 saturated carbocycles. The van der Waals surface area contributed by atoms with E-state index in [1.54, 1.807) is 6.92 Å². The first kappa shape index (κ1) is 15.7. The minimum atomic E-state index is -3.95. The van der Waals surface area contributed by atoms with E-state index in [1.165, 1.54) is 29.0 Å². The molecule has 0 aliphatic carbocycles. The van der Waals surface area contributed by atoms with Gasteiger partial charge >= 0.3 is 0 Å². The van der Waals surface area contributed by atoms with Crippen LogP contribution >= 0.6 is 22.3 Å². The Morgan fingerprint density at radius 3 is 2.62 bits per heavy atom. The van der Waals surface area contributed by atoms with Gasteiger partial charge in [-0.25, -0.2) is 13.4 Å². The summed E-state index contributed by atoms with van der Waals surface area (Å²) in [7, 11) is 1.27. The minimum absolute atomic E-state index is 0.0577. The molecule has 7 nitrogen and oxygen atoms in total. The van der Waals surface area contributed by atoms with E-state index in [2.05, 4.69) is 4.98 Å². The van der Waals surface area contributed by atoms with Crippen LogP contribution in [0.25, 0.3) is 0 Å². The first-order chi connectivity index (χ1) is 9.68. The molecule has 2 aromatic rings. The van der Waals surface area contributed by atoms with Gasteiger partial charge in [0.05, 0.1) is 17.0 Å². The third-order valence-corrected chi connectivity index (χ3v) is 4.19. The number of nitro groups is 1. The van der Waals surface area contributed by atoms with Gasteiger partial charge in [-0.2, -0.15) is 0 Å². The van der Waals surface area contributed by atoms with E-state index in [0.717, 1.165) is 0 Å². The molecule has 0 unspecified atom stereocenters. The van der Waals surface area contributed by atoms with Crippen LogP contribution in [-0.4, -0.2) is 22.9 Å². The molecule has 2 rings (SSSR count). The van der Waals surface area contributed by atoms with Gasteiger partial charge in [-0.1, -0.05) is 11.6 Å². The SMILES string of the molecule is Cc1nc(S(=O)(=O)Cl)cn1Cc1cc(Cl)ccc1[N+](=O)[O-]. The minimum Gasteiger partial charge on any atom is -0.329 e. The maximum Gasteiger partial charge on any atom is 0.280 e. The Labute approximate surface area is 129 Å². The molecular formula is C11H9Cl2N3O4S. The second-order valence-electron chi connectivity index (χ2n) is 4.22. The van der Waals surface area contributed by atoms with Crippen molar-refractivity contribution in [1.29, 1.82) is 0 Å². The number of halogens is 2. The van der Waals surface area contributed by atoms with Crippen molar-refractivity contribution in [2.75, 3.05) is 0 Å². The lowest BCUT2D eigenvalue weighted by atomic mass is 10.2. The second-order valence-corrected chi connectivity index (χ2v) is 7.17. The third-order valence-electron chi connectivity index (χ3n) is 2.78. The molecule has 0 radical (unpaired) electrons. The van der Waals surface area contributed by atoms with Gasteiger partial charge in [0.2, 0.25) is 0 Å². The lowest BCUT2D eigenvalue weighted by molar-refractivity contribution is -0.385. The summed E-state index contributed by atoms with van der Waals surface area (Å²) in [4.78, 5) is 14.3. The fourth-order valence-corrected chi connectivity index (χ4v) is 2.71. The molecule has 0 aliphatic rings. The van der Waals surface area contributed by atoms with Crippen LogP contribution in [0.5, 0.6) is 0 Å². The van der Waals surface area contributed by atoms with Crippen LogP contribution in [0.3, 0.4) is 0 Å². The summed E-state index contributed by atoms with van der Waals surface area (Å²) in [5.41, 5.74) is 0.231. The van der Waals surface area contributed by atoms with Crippen LogP contribution < -0.4 is 0 Å². The first-order valence-electron chi connectivity index (χ1n) is 5.60. The van der Waals surface area contributed by atoms with E-state index in [4.69, 9.17) is 22.3 Å². The molecule has 1 aromatic carbocycles. The van der Waals surface area contributed by atoms with Crippen molar-refractivity contribution in [2.45, 2.75) is 18.5 Å². The smallest absolute Gasteiger partial charge is 0.280 e. The van der Waals surface area contributed by atoms with E-state index < -0.39 is 14.0 Å². The topological polar surface area (TPSA) is 95.1 Å². The Bertz CT molecular complexity index is 817. The molecule has 0 N–H and O–H groups in total. The van der Waals surface area contributed by atoms with Crippen LogP contribution in [0.15, 0.2) is 29.4 Å². The average Bonchev–Trinajstić information content (AvgIpc) is 2.70. The number of hydrogen-bond acceptors (Lipinski definition) is 5. The van der Waals surface area contributed by atoms with Gasteiger partial charge in [-0.05, 0) is 19.1 Å². The highest BCUT2D eigenvalue weighted by Crippen LogP contribution is 2.24. The highest BCUT2D eigenvalue weighted by Gasteiger charge is 2.19. The molecule has 0 fully saturated rings. The second kappa shape index (κ2) is 5.63. The molecule has 1 heterocycles. The van der Waals surface area contributed by atoms with Crippen molar-refractivity contribution in [1.82, 2.24) is 9.55 Å². The first-order valence-corrected chi connectivity index (χ1v) is 8.28. The van der Waals surface area contributed by atoms with Gasteiger partial charge in [-0.15, -0.1) is 0 Å². The van der Waals surface area contributed by atoms with Crippen LogP contribution in [-0.2, 0) is 15.6 Å². The van der Waals surface area contributed by atoms with Gasteiger partial charge in [0, 0.05) is 28.0 Å². The Morgan fingerprint density at radius 1 is 1.43 bits per heavy atom. The molecule has 10 heteroatoms. The van der Waals surface area contributed by atoms with E-state index in [1.807, 2.05) is 0 Å². The third kappa shape index (κ3) is 3.52. The molecule has 0 aliphatic heterocycles. The van der Waals surface area contributed by atoms with Crippen molar-refractivity contribution in [3.63, 3.8) is 0 Å². The molecule has 112 valence electrons. The summed E-state index contributed by atoms with van der Waals surface area (Å²) in [6.07, 6.45) is 1.22. The van der Waals surface area contributed by atoms with Crippen molar-refractivity contribution in [3.8, 4) is 0 Å². The van der Waals surface area contributed by atoms with Crippen molar-refractivity contribution >= 4 is 37.0 Å². The number of hydrogen-bond donors (Lipinski definition) is 0. The molecule has 1 aromatic heterocycles. The number of nitro benzene ring substituents is 1. The van der Waals surface area contributed by atoms with Gasteiger partial charge < -0.3 is 4.57 Å². The van der Waals surface area contributed by atoms with Crippen LogP contribution in [0.1, 0.15) is 11.4 Å². The van der Waals surface area contributed by atoms with Crippen molar-refractivity contribution in [3.05, 3.63) is 50.9 Å². The average molecular weight is 350 g/mol. The summed E-state index contributed by atoms with van der Waals surface area (Å²) in [5.74, 6) is 0.364. The standard InChI is InChI=1S/C11H9Cl2N3O4S/c1-7-14-11(21(13,19)20)6-15(7)5-8-4-9(12)2-3-10(8)16(17)18/h2-4,6H,5H2,1H3. The summed E-state index contributed by atoms with van der Waals surface area (Å²) in [5, 5.41) is 11.0. The maximum absolute atomic E-state index is 11.2. The predicted molar refractivity (Wildman–Crippen MR) is 77.2 cm³/mol. The zero-order chi connectivity index (χ0) is 15.8. The number of rotatable bonds is 4. The Kier molecular flexibility index (Phi) is 4.22. The summed E-state index contributed by atoms with van der Waals surface area (Å²) in [6, 6.07) is 4.16. The number of imidazole rings is 1. The highest BCUT2D eigenvalue weighted by molar-refractivity contribution is 8.13. The number of aromatic nitrogens is 2. The monoisotopic (exact) mass is 349 g/mol. The molecule has 0 saturated heterocycles. The van der Waals surface area contributed by atoms with Crippen molar-refractivity contribution < 1.29 is 13.3 Å². The highest BCUT2D eigenvalue weighted by atomic mass is 35.7. The Hall–Kier alpha value is -1.64. The largest absolute Gasteiger partial charge is 0.329 e. The molecular weight excluding hydrogens is 341 g/mol. The lowest BCUT2D eigenvalue weighted by Gasteiger charge is -2.06. The maximum atomic E-state index is 11.2. The summed E-state index contributed by atoms with van der Waals surface area (Å²) >= 11 is 5.84. The van der Waals surface area contributed by atoms with Gasteiger partial charge in [-0.3, -0.25) is 10.1 Å². The normalized spacial score (nSPS) is 11.6. The molecule has 21 heavy (non-hydrogen) atoms. The van der Waals surface area contributed by atoms with Gasteiger partial charge in [0.25, 0.3) is 14.7 Å². The fraction of sp³-hybridized carbons (Fsp3) is 0.182. The molecule has 0 amide bonds. The lowest BCUT2D eigenvalue weighted by Crippen LogP contribution is -2.04. The quantitative estimate of drug-likeness (QED) is 0.480. The van der Waals surface area contributed by atoms with E-state index >= 15 is 0 Å². The van der Waals surface area contributed by atoms with E-state index in [9.17, 15) is 18.5 Å². The Balaban J connectivity index is 2.46. The number of nitrogens with zero attached hydrogens (tertiary/aromatic N) is 3. The van der Waals surface area contributed by atoms with Crippen molar-refractivity contribution in [2.24, 2.45) is 0 Å². The zero-order valence-electron chi connectivity index (χ0n) is 10.7. The molecule has 0 atom stereocenters. The Morgan fingerprint density at radius 2 is 2.10 bits per heavy atom. The summed E-state index contributed by atoms with van der Waals surface area (Å²) in [6.45, 7) is 1.63. The van der Waals surface area contributed by atoms with Crippen LogP contribution in [0.2, 0.25) is 5.02 Å². The fourth-order valence-electron chi connectivity index (χ4n) is 1.80. The summed E-state index contributed by atoms with van der Waals surface area (Å²) < 4.78 is 23.9. The number of benzene rings is 1.